The van der Waals surface area contributed by atoms with Crippen LogP contribution in [-0.2, 0) is 5.88 Å². The molecule has 54 valence electrons. The topological polar surface area (TPSA) is 12.9 Å². The normalized spacial score (nSPS) is 9.90. The fraction of sp³-hybridized carbons (Fsp3) is 0.167. The zero-order valence-corrected chi connectivity index (χ0v) is 6.45. The first-order valence-corrected chi connectivity index (χ1v) is 3.51. The summed E-state index contributed by atoms with van der Waals surface area (Å²) in [6.45, 7) is 0. The average molecular weight is 180 g/mol. The lowest BCUT2D eigenvalue weighted by Crippen LogP contribution is -1.86. The second kappa shape index (κ2) is 3.17. The third-order valence-electron chi connectivity index (χ3n) is 1.00. The maximum Gasteiger partial charge on any atom is 0.145 e. The van der Waals surface area contributed by atoms with Gasteiger partial charge in [-0.1, -0.05) is 11.6 Å². The van der Waals surface area contributed by atoms with E-state index in [0.29, 0.717) is 5.69 Å². The zero-order valence-electron chi connectivity index (χ0n) is 4.94. The molecule has 0 spiro atoms. The number of hydrogen-bond acceptors (Lipinski definition) is 1. The third-order valence-corrected chi connectivity index (χ3v) is 1.55. The van der Waals surface area contributed by atoms with Gasteiger partial charge in [0.15, 0.2) is 0 Å². The summed E-state index contributed by atoms with van der Waals surface area (Å²) < 4.78 is 12.5. The molecule has 0 saturated heterocycles. The summed E-state index contributed by atoms with van der Waals surface area (Å²) in [5.41, 5.74) is 0.489. The molecule has 0 aliphatic heterocycles. The SMILES string of the molecule is Fc1cc(CCl)ncc1Cl. The molecule has 1 aromatic heterocycles. The standard InChI is InChI=1S/C6H4Cl2FN/c7-2-4-1-6(9)5(8)3-10-4/h1,3H,2H2. The van der Waals surface area contributed by atoms with E-state index >= 15 is 0 Å². The number of alkyl halides is 1. The third kappa shape index (κ3) is 1.58. The van der Waals surface area contributed by atoms with Crippen molar-refractivity contribution < 1.29 is 4.39 Å². The Morgan fingerprint density at radius 3 is 2.80 bits per heavy atom. The minimum Gasteiger partial charge on any atom is -0.258 e. The van der Waals surface area contributed by atoms with Crippen molar-refractivity contribution in [1.29, 1.82) is 0 Å². The van der Waals surface area contributed by atoms with Crippen LogP contribution >= 0.6 is 23.2 Å². The van der Waals surface area contributed by atoms with E-state index in [1.54, 1.807) is 0 Å². The monoisotopic (exact) mass is 179 g/mol. The lowest BCUT2D eigenvalue weighted by Gasteiger charge is -1.94. The van der Waals surface area contributed by atoms with Gasteiger partial charge in [0.25, 0.3) is 0 Å². The molecule has 1 heterocycles. The van der Waals surface area contributed by atoms with Gasteiger partial charge in [-0.15, -0.1) is 11.6 Å². The van der Waals surface area contributed by atoms with Crippen LogP contribution in [0.5, 0.6) is 0 Å². The van der Waals surface area contributed by atoms with E-state index in [4.69, 9.17) is 23.2 Å². The van der Waals surface area contributed by atoms with Crippen molar-refractivity contribution in [2.24, 2.45) is 0 Å². The van der Waals surface area contributed by atoms with E-state index in [0.717, 1.165) is 0 Å². The second-order valence-corrected chi connectivity index (χ2v) is 2.40. The van der Waals surface area contributed by atoms with Gasteiger partial charge in [-0.05, 0) is 6.07 Å². The molecule has 0 bridgehead atoms. The molecule has 0 atom stereocenters. The average Bonchev–Trinajstić information content (AvgIpc) is 1.95. The van der Waals surface area contributed by atoms with Gasteiger partial charge >= 0.3 is 0 Å². The quantitative estimate of drug-likeness (QED) is 0.605. The molecule has 0 aromatic carbocycles. The van der Waals surface area contributed by atoms with Crippen LogP contribution in [0, 0.1) is 5.82 Å². The molecular weight excluding hydrogens is 176 g/mol. The van der Waals surface area contributed by atoms with Crippen molar-refractivity contribution >= 4 is 23.2 Å². The Morgan fingerprint density at radius 1 is 1.60 bits per heavy atom. The predicted molar refractivity (Wildman–Crippen MR) is 38.8 cm³/mol. The molecule has 0 unspecified atom stereocenters. The maximum atomic E-state index is 12.5. The largest absolute Gasteiger partial charge is 0.258 e. The van der Waals surface area contributed by atoms with E-state index < -0.39 is 5.82 Å². The van der Waals surface area contributed by atoms with E-state index in [-0.39, 0.29) is 10.9 Å². The van der Waals surface area contributed by atoms with Crippen molar-refractivity contribution in [3.63, 3.8) is 0 Å². The van der Waals surface area contributed by atoms with Gasteiger partial charge in [-0.25, -0.2) is 4.39 Å². The number of pyridine rings is 1. The fourth-order valence-electron chi connectivity index (χ4n) is 0.527. The molecule has 0 fully saturated rings. The van der Waals surface area contributed by atoms with Crippen molar-refractivity contribution in [3.8, 4) is 0 Å². The van der Waals surface area contributed by atoms with Crippen LogP contribution in [0.1, 0.15) is 5.69 Å². The molecular formula is C6H4Cl2FN. The van der Waals surface area contributed by atoms with Crippen LogP contribution in [0.25, 0.3) is 0 Å². The highest BCUT2D eigenvalue weighted by molar-refractivity contribution is 6.30. The molecule has 0 N–H and O–H groups in total. The molecule has 0 aliphatic carbocycles. The zero-order chi connectivity index (χ0) is 7.56. The summed E-state index contributed by atoms with van der Waals surface area (Å²) >= 11 is 10.7. The van der Waals surface area contributed by atoms with E-state index in [1.807, 2.05) is 0 Å². The van der Waals surface area contributed by atoms with Gasteiger partial charge in [0.2, 0.25) is 0 Å². The Bertz CT molecular complexity index is 239. The molecule has 0 aliphatic rings. The highest BCUT2D eigenvalue weighted by atomic mass is 35.5. The fourth-order valence-corrected chi connectivity index (χ4v) is 0.776. The Kier molecular flexibility index (Phi) is 2.46. The predicted octanol–water partition coefficient (Wildman–Crippen LogP) is 2.61. The van der Waals surface area contributed by atoms with Gasteiger partial charge in [0.05, 0.1) is 16.6 Å². The van der Waals surface area contributed by atoms with Gasteiger partial charge in [0, 0.05) is 6.20 Å². The first kappa shape index (κ1) is 7.76. The van der Waals surface area contributed by atoms with Crippen LogP contribution in [-0.4, -0.2) is 4.98 Å². The van der Waals surface area contributed by atoms with Gasteiger partial charge < -0.3 is 0 Å². The van der Waals surface area contributed by atoms with Crippen LogP contribution in [0.3, 0.4) is 0 Å². The highest BCUT2D eigenvalue weighted by Crippen LogP contribution is 2.13. The summed E-state index contributed by atoms with van der Waals surface area (Å²) in [4.78, 5) is 3.75. The van der Waals surface area contributed by atoms with Crippen molar-refractivity contribution in [2.45, 2.75) is 5.88 Å². The van der Waals surface area contributed by atoms with Crippen LogP contribution in [0.15, 0.2) is 12.3 Å². The molecule has 1 rings (SSSR count). The Labute approximate surface area is 67.8 Å². The number of rotatable bonds is 1. The maximum absolute atomic E-state index is 12.5. The molecule has 10 heavy (non-hydrogen) atoms. The molecule has 4 heteroatoms. The highest BCUT2D eigenvalue weighted by Gasteiger charge is 1.99. The summed E-state index contributed by atoms with van der Waals surface area (Å²) in [7, 11) is 0. The van der Waals surface area contributed by atoms with Crippen LogP contribution in [0.2, 0.25) is 5.02 Å². The molecule has 0 radical (unpaired) electrons. The number of aromatic nitrogens is 1. The summed E-state index contributed by atoms with van der Waals surface area (Å²) in [5.74, 6) is -0.277. The lowest BCUT2D eigenvalue weighted by molar-refractivity contribution is 0.624. The van der Waals surface area contributed by atoms with Gasteiger partial charge in [-0.3, -0.25) is 4.98 Å². The van der Waals surface area contributed by atoms with Gasteiger partial charge in [-0.2, -0.15) is 0 Å². The Balaban J connectivity index is 3.04. The van der Waals surface area contributed by atoms with Crippen LogP contribution < -0.4 is 0 Å². The lowest BCUT2D eigenvalue weighted by atomic mass is 10.4. The minimum atomic E-state index is -0.479. The summed E-state index contributed by atoms with van der Waals surface area (Å²) in [5, 5.41) is 0.0221. The first-order chi connectivity index (χ1) is 4.74. The smallest absolute Gasteiger partial charge is 0.145 e. The van der Waals surface area contributed by atoms with E-state index in [9.17, 15) is 4.39 Å². The second-order valence-electron chi connectivity index (χ2n) is 1.72. The Morgan fingerprint density at radius 2 is 2.30 bits per heavy atom. The van der Waals surface area contributed by atoms with Crippen molar-refractivity contribution in [2.75, 3.05) is 0 Å². The van der Waals surface area contributed by atoms with Gasteiger partial charge in [0.1, 0.15) is 5.82 Å². The number of hydrogen-bond donors (Lipinski definition) is 0. The first-order valence-electron chi connectivity index (χ1n) is 2.60. The molecule has 0 amide bonds. The summed E-state index contributed by atoms with van der Waals surface area (Å²) in [6, 6.07) is 1.22. The Hall–Kier alpha value is -0.340. The minimum absolute atomic E-state index is 0.0221. The van der Waals surface area contributed by atoms with E-state index in [2.05, 4.69) is 4.98 Å². The number of halogens is 3. The number of nitrogens with zero attached hydrogens (tertiary/aromatic N) is 1. The molecule has 1 nitrogen and oxygen atoms in total. The van der Waals surface area contributed by atoms with Crippen molar-refractivity contribution in [1.82, 2.24) is 4.98 Å². The van der Waals surface area contributed by atoms with Crippen LogP contribution in [0.4, 0.5) is 4.39 Å². The van der Waals surface area contributed by atoms with E-state index in [1.165, 1.54) is 12.3 Å². The molecule has 1 aromatic rings. The van der Waals surface area contributed by atoms with Crippen molar-refractivity contribution in [3.05, 3.63) is 28.8 Å². The summed E-state index contributed by atoms with van der Waals surface area (Å²) in [6.07, 6.45) is 1.24. The molecule has 0 saturated carbocycles.